The number of benzene rings is 3. The molecule has 1 aliphatic rings. The van der Waals surface area contributed by atoms with Crippen molar-refractivity contribution in [3.63, 3.8) is 0 Å². The number of nitrogens with zero attached hydrogens (tertiary/aromatic N) is 1. The fourth-order valence-electron chi connectivity index (χ4n) is 5.10. The molecular weight excluding hydrogens is 497 g/mol. The highest BCUT2D eigenvalue weighted by atomic mass is 19.1. The van der Waals surface area contributed by atoms with Crippen LogP contribution in [0.15, 0.2) is 72.8 Å². The third-order valence-electron chi connectivity index (χ3n) is 7.23. The Morgan fingerprint density at radius 1 is 0.872 bits per heavy atom. The number of methoxy groups -OCH3 is 2. The van der Waals surface area contributed by atoms with Crippen LogP contribution in [0.5, 0.6) is 11.5 Å². The van der Waals surface area contributed by atoms with Crippen LogP contribution in [-0.4, -0.2) is 43.6 Å². The highest BCUT2D eigenvalue weighted by Crippen LogP contribution is 2.33. The molecule has 1 fully saturated rings. The first-order valence-corrected chi connectivity index (χ1v) is 13.5. The monoisotopic (exact) mass is 533 g/mol. The van der Waals surface area contributed by atoms with Crippen molar-refractivity contribution in [2.45, 2.75) is 51.2 Å². The topological polar surface area (TPSA) is 65.1 Å². The number of amides is 1. The number of para-hydroxylation sites is 2. The van der Waals surface area contributed by atoms with Gasteiger partial charge in [0.25, 0.3) is 0 Å². The zero-order valence-electron chi connectivity index (χ0n) is 22.6. The molecular formula is C32H36FNO5. The van der Waals surface area contributed by atoms with Crippen LogP contribution in [0.2, 0.25) is 0 Å². The summed E-state index contributed by atoms with van der Waals surface area (Å²) in [7, 11) is 2.98. The van der Waals surface area contributed by atoms with E-state index in [0.717, 1.165) is 49.0 Å². The number of halogens is 1. The Labute approximate surface area is 229 Å². The second-order valence-corrected chi connectivity index (χ2v) is 9.92. The lowest BCUT2D eigenvalue weighted by Crippen LogP contribution is -2.39. The number of esters is 1. The molecule has 0 N–H and O–H groups in total. The molecule has 0 bridgehead atoms. The van der Waals surface area contributed by atoms with Crippen molar-refractivity contribution < 1.29 is 28.2 Å². The van der Waals surface area contributed by atoms with Crippen LogP contribution < -0.4 is 9.47 Å². The number of rotatable bonds is 11. The normalized spacial score (nSPS) is 16.8. The summed E-state index contributed by atoms with van der Waals surface area (Å²) < 4.78 is 30.0. The molecule has 7 heteroatoms. The Morgan fingerprint density at radius 3 is 2.26 bits per heavy atom. The number of hydrogen-bond donors (Lipinski definition) is 0. The summed E-state index contributed by atoms with van der Waals surface area (Å²) in [6, 6.07) is 21.4. The van der Waals surface area contributed by atoms with Crippen molar-refractivity contribution in [1.82, 2.24) is 4.90 Å². The minimum Gasteiger partial charge on any atom is -0.493 e. The van der Waals surface area contributed by atoms with Crippen LogP contribution in [-0.2, 0) is 22.5 Å². The lowest BCUT2D eigenvalue weighted by atomic mass is 9.86. The lowest BCUT2D eigenvalue weighted by molar-refractivity contribution is -0.137. The summed E-state index contributed by atoms with van der Waals surface area (Å²) in [5.74, 6) is 0.838. The van der Waals surface area contributed by atoms with E-state index in [1.54, 1.807) is 31.4 Å². The predicted molar refractivity (Wildman–Crippen MR) is 147 cm³/mol. The van der Waals surface area contributed by atoms with Gasteiger partial charge in [0.05, 0.1) is 25.9 Å². The molecule has 1 saturated carbocycles. The van der Waals surface area contributed by atoms with Crippen molar-refractivity contribution in [1.29, 1.82) is 0 Å². The number of aryl methyl sites for hydroxylation is 1. The highest BCUT2D eigenvalue weighted by molar-refractivity contribution is 5.89. The summed E-state index contributed by atoms with van der Waals surface area (Å²) in [5, 5.41) is 0. The lowest BCUT2D eigenvalue weighted by Gasteiger charge is -2.32. The predicted octanol–water partition coefficient (Wildman–Crippen LogP) is 6.22. The van der Waals surface area contributed by atoms with Gasteiger partial charge in [-0.1, -0.05) is 36.4 Å². The van der Waals surface area contributed by atoms with Gasteiger partial charge in [-0.3, -0.25) is 4.79 Å². The SMILES string of the molecule is COC(=O)c1ccc(CN(CCCc2cccc(F)c2)C(=O)[C@H]2CC[C@@H](Oc3ccccc3OC)CC2)cc1. The van der Waals surface area contributed by atoms with Crippen LogP contribution in [0, 0.1) is 11.7 Å². The summed E-state index contributed by atoms with van der Waals surface area (Å²) in [5.41, 5.74) is 2.33. The van der Waals surface area contributed by atoms with E-state index in [9.17, 15) is 14.0 Å². The molecule has 0 atom stereocenters. The van der Waals surface area contributed by atoms with E-state index in [-0.39, 0.29) is 23.7 Å². The standard InChI is InChI=1S/C32H36FNO5/c1-37-29-10-3-4-11-30(29)39-28-18-16-25(17-19-28)31(35)34(20-6-8-23-7-5-9-27(33)21-23)22-24-12-14-26(15-13-24)32(36)38-2/h3-5,7,9-15,21,25,28H,6,8,16-20,22H2,1-2H3/t25-,28+. The third kappa shape index (κ3) is 7.82. The average molecular weight is 534 g/mol. The first-order valence-electron chi connectivity index (χ1n) is 13.5. The molecule has 0 aromatic heterocycles. The van der Waals surface area contributed by atoms with Crippen LogP contribution in [0.1, 0.15) is 53.6 Å². The van der Waals surface area contributed by atoms with Gasteiger partial charge in [0.1, 0.15) is 5.82 Å². The minimum absolute atomic E-state index is 0.0395. The average Bonchev–Trinajstić information content (AvgIpc) is 2.97. The van der Waals surface area contributed by atoms with E-state index in [1.165, 1.54) is 13.2 Å². The van der Waals surface area contributed by atoms with Gasteiger partial charge in [-0.2, -0.15) is 0 Å². The number of carbonyl (C=O) groups is 2. The quantitative estimate of drug-likeness (QED) is 0.274. The number of ether oxygens (including phenoxy) is 3. The van der Waals surface area contributed by atoms with Gasteiger partial charge in [0, 0.05) is 19.0 Å². The van der Waals surface area contributed by atoms with E-state index < -0.39 is 5.97 Å². The molecule has 0 spiro atoms. The Hall–Kier alpha value is -3.87. The third-order valence-corrected chi connectivity index (χ3v) is 7.23. The van der Waals surface area contributed by atoms with Crippen LogP contribution in [0.4, 0.5) is 4.39 Å². The first kappa shape index (κ1) is 28.1. The Balaban J connectivity index is 1.39. The summed E-state index contributed by atoms with van der Waals surface area (Å²) in [6.45, 7) is 1.01. The van der Waals surface area contributed by atoms with Crippen LogP contribution in [0.3, 0.4) is 0 Å². The Bertz CT molecular complexity index is 1240. The van der Waals surface area contributed by atoms with E-state index in [4.69, 9.17) is 14.2 Å². The summed E-state index contributed by atoms with van der Waals surface area (Å²) in [6.07, 6.45) is 4.53. The maximum atomic E-state index is 13.7. The van der Waals surface area contributed by atoms with Gasteiger partial charge < -0.3 is 19.1 Å². The van der Waals surface area contributed by atoms with Crippen molar-refractivity contribution >= 4 is 11.9 Å². The van der Waals surface area contributed by atoms with Gasteiger partial charge in [-0.15, -0.1) is 0 Å². The summed E-state index contributed by atoms with van der Waals surface area (Å²) in [4.78, 5) is 27.4. The van der Waals surface area contributed by atoms with Crippen LogP contribution >= 0.6 is 0 Å². The van der Waals surface area contributed by atoms with E-state index in [1.807, 2.05) is 47.4 Å². The van der Waals surface area contributed by atoms with Crippen molar-refractivity contribution in [3.8, 4) is 11.5 Å². The van der Waals surface area contributed by atoms with Crippen LogP contribution in [0.25, 0.3) is 0 Å². The van der Waals surface area contributed by atoms with Gasteiger partial charge in [-0.05, 0) is 86.1 Å². The van der Waals surface area contributed by atoms with Gasteiger partial charge >= 0.3 is 5.97 Å². The van der Waals surface area contributed by atoms with E-state index >= 15 is 0 Å². The molecule has 0 saturated heterocycles. The maximum absolute atomic E-state index is 13.7. The largest absolute Gasteiger partial charge is 0.493 e. The maximum Gasteiger partial charge on any atom is 0.337 e. The molecule has 6 nitrogen and oxygen atoms in total. The smallest absolute Gasteiger partial charge is 0.337 e. The first-order chi connectivity index (χ1) is 19.0. The fraction of sp³-hybridized carbons (Fsp3) is 0.375. The molecule has 206 valence electrons. The minimum atomic E-state index is -0.392. The molecule has 0 radical (unpaired) electrons. The summed E-state index contributed by atoms with van der Waals surface area (Å²) >= 11 is 0. The number of carbonyl (C=O) groups excluding carboxylic acids is 2. The second-order valence-electron chi connectivity index (χ2n) is 9.92. The molecule has 39 heavy (non-hydrogen) atoms. The number of hydrogen-bond acceptors (Lipinski definition) is 5. The Morgan fingerprint density at radius 2 is 1.59 bits per heavy atom. The van der Waals surface area contributed by atoms with E-state index in [0.29, 0.717) is 30.8 Å². The second kappa shape index (κ2) is 13.8. The molecule has 0 aliphatic heterocycles. The molecule has 1 aliphatic carbocycles. The molecule has 1 amide bonds. The Kier molecular flexibility index (Phi) is 9.95. The van der Waals surface area contributed by atoms with Gasteiger partial charge in [0.15, 0.2) is 11.5 Å². The fourth-order valence-corrected chi connectivity index (χ4v) is 5.10. The van der Waals surface area contributed by atoms with Gasteiger partial charge in [-0.25, -0.2) is 9.18 Å². The van der Waals surface area contributed by atoms with Crippen molar-refractivity contribution in [2.24, 2.45) is 5.92 Å². The molecule has 3 aromatic rings. The van der Waals surface area contributed by atoms with E-state index in [2.05, 4.69) is 0 Å². The zero-order valence-corrected chi connectivity index (χ0v) is 22.6. The van der Waals surface area contributed by atoms with Crippen molar-refractivity contribution in [3.05, 3.63) is 95.3 Å². The van der Waals surface area contributed by atoms with Crippen molar-refractivity contribution in [2.75, 3.05) is 20.8 Å². The molecule has 4 rings (SSSR count). The molecule has 0 heterocycles. The molecule has 0 unspecified atom stereocenters. The zero-order chi connectivity index (χ0) is 27.6. The highest BCUT2D eigenvalue weighted by Gasteiger charge is 2.30. The van der Waals surface area contributed by atoms with Gasteiger partial charge in [0.2, 0.25) is 5.91 Å². The molecule has 3 aromatic carbocycles.